The van der Waals surface area contributed by atoms with Gasteiger partial charge in [-0.05, 0) is 12.8 Å². The smallest absolute Gasteiger partial charge is 0.252 e. The van der Waals surface area contributed by atoms with Crippen LogP contribution in [0.1, 0.15) is 129 Å². The number of rotatable bonds is 22. The highest BCUT2D eigenvalue weighted by molar-refractivity contribution is 5.81. The van der Waals surface area contributed by atoms with Crippen molar-refractivity contribution in [1.29, 1.82) is 0 Å². The first-order valence-electron chi connectivity index (χ1n) is 14.6. The molecular weight excluding hydrogens is 446 g/mol. The molecule has 1 saturated heterocycles. The monoisotopic (exact) mass is 501 g/mol. The van der Waals surface area contributed by atoms with E-state index in [1.807, 2.05) is 6.92 Å². The molecule has 4 N–H and O–H groups in total. The maximum atomic E-state index is 12.5. The zero-order valence-corrected chi connectivity index (χ0v) is 22.6. The molecule has 1 aliphatic rings. The fourth-order valence-corrected chi connectivity index (χ4v) is 4.53. The van der Waals surface area contributed by atoms with Crippen LogP contribution in [0.15, 0.2) is 0 Å². The number of carbonyl (C=O) groups excluding carboxylic acids is 1. The van der Waals surface area contributed by atoms with E-state index in [4.69, 9.17) is 9.47 Å². The van der Waals surface area contributed by atoms with Crippen LogP contribution < -0.4 is 5.32 Å². The van der Waals surface area contributed by atoms with Gasteiger partial charge < -0.3 is 30.1 Å². The number of carbonyl (C=O) groups is 1. The van der Waals surface area contributed by atoms with Crippen LogP contribution in [0.4, 0.5) is 0 Å². The second-order valence-electron chi connectivity index (χ2n) is 10.2. The average Bonchev–Trinajstić information content (AvgIpc) is 2.85. The summed E-state index contributed by atoms with van der Waals surface area (Å²) in [6.45, 7) is 5.13. The Kier molecular flexibility index (Phi) is 19.7. The SMILES string of the molecule is CCCCCCCCCCCCCCCCCCNC(=O)C1O[C@H](OCCCC)C(O)[C@H](O)[C@@H]1O. The molecule has 208 valence electrons. The van der Waals surface area contributed by atoms with Crippen molar-refractivity contribution < 1.29 is 29.6 Å². The zero-order chi connectivity index (χ0) is 25.7. The van der Waals surface area contributed by atoms with Gasteiger partial charge in [0.25, 0.3) is 5.91 Å². The number of ether oxygens (including phenoxy) is 2. The summed E-state index contributed by atoms with van der Waals surface area (Å²) in [7, 11) is 0. The van der Waals surface area contributed by atoms with Gasteiger partial charge in [-0.1, -0.05) is 117 Å². The molecule has 1 rings (SSSR count). The second kappa shape index (κ2) is 21.4. The highest BCUT2D eigenvalue weighted by atomic mass is 16.7. The third-order valence-corrected chi connectivity index (χ3v) is 6.94. The minimum atomic E-state index is -1.48. The highest BCUT2D eigenvalue weighted by Crippen LogP contribution is 2.22. The number of nitrogens with one attached hydrogen (secondary N) is 1. The highest BCUT2D eigenvalue weighted by Gasteiger charge is 2.47. The van der Waals surface area contributed by atoms with Gasteiger partial charge in [-0.2, -0.15) is 0 Å². The number of aliphatic hydroxyl groups excluding tert-OH is 3. The first-order chi connectivity index (χ1) is 17.0. The van der Waals surface area contributed by atoms with Gasteiger partial charge in [-0.3, -0.25) is 4.79 Å². The summed E-state index contributed by atoms with van der Waals surface area (Å²) < 4.78 is 10.9. The molecule has 0 aromatic rings. The summed E-state index contributed by atoms with van der Waals surface area (Å²) in [5.74, 6) is -0.478. The Morgan fingerprint density at radius 2 is 1.11 bits per heavy atom. The Balaban J connectivity index is 2.00. The van der Waals surface area contributed by atoms with Crippen molar-refractivity contribution in [2.45, 2.75) is 160 Å². The largest absolute Gasteiger partial charge is 0.387 e. The van der Waals surface area contributed by atoms with Crippen molar-refractivity contribution in [2.24, 2.45) is 0 Å². The molecule has 2 unspecified atom stereocenters. The summed E-state index contributed by atoms with van der Waals surface area (Å²) in [5, 5.41) is 33.1. The van der Waals surface area contributed by atoms with E-state index in [9.17, 15) is 20.1 Å². The van der Waals surface area contributed by atoms with Crippen LogP contribution in [-0.2, 0) is 14.3 Å². The molecule has 7 nitrogen and oxygen atoms in total. The van der Waals surface area contributed by atoms with Crippen LogP contribution >= 0.6 is 0 Å². The third-order valence-electron chi connectivity index (χ3n) is 6.94. The Morgan fingerprint density at radius 3 is 1.60 bits per heavy atom. The molecule has 0 bridgehead atoms. The molecule has 1 amide bonds. The van der Waals surface area contributed by atoms with E-state index < -0.39 is 36.6 Å². The van der Waals surface area contributed by atoms with Crippen LogP contribution in [0, 0.1) is 0 Å². The lowest BCUT2D eigenvalue weighted by Crippen LogP contribution is -2.62. The maximum Gasteiger partial charge on any atom is 0.252 e. The van der Waals surface area contributed by atoms with E-state index in [1.165, 1.54) is 83.5 Å². The first kappa shape index (κ1) is 32.3. The lowest BCUT2D eigenvalue weighted by molar-refractivity contribution is -0.290. The van der Waals surface area contributed by atoms with Crippen molar-refractivity contribution in [3.63, 3.8) is 0 Å². The normalized spacial score (nSPS) is 24.5. The maximum absolute atomic E-state index is 12.5. The number of amides is 1. The van der Waals surface area contributed by atoms with Crippen molar-refractivity contribution in [2.75, 3.05) is 13.2 Å². The lowest BCUT2D eigenvalue weighted by Gasteiger charge is -2.39. The van der Waals surface area contributed by atoms with E-state index in [1.54, 1.807) is 0 Å². The second-order valence-corrected chi connectivity index (χ2v) is 10.2. The predicted molar refractivity (Wildman–Crippen MR) is 140 cm³/mol. The third kappa shape index (κ3) is 14.6. The number of hydrogen-bond acceptors (Lipinski definition) is 6. The minimum Gasteiger partial charge on any atom is -0.387 e. The number of hydrogen-bond donors (Lipinski definition) is 4. The molecule has 0 aromatic heterocycles. The molecule has 5 atom stereocenters. The van der Waals surface area contributed by atoms with Gasteiger partial charge in [0, 0.05) is 13.2 Å². The molecule has 7 heteroatoms. The average molecular weight is 502 g/mol. The summed E-state index contributed by atoms with van der Waals surface area (Å²) in [6, 6.07) is 0. The summed E-state index contributed by atoms with van der Waals surface area (Å²) in [6.07, 6.45) is 15.7. The first-order valence-corrected chi connectivity index (χ1v) is 14.6. The summed E-state index contributed by atoms with van der Waals surface area (Å²) in [5.41, 5.74) is 0. The molecule has 35 heavy (non-hydrogen) atoms. The topological polar surface area (TPSA) is 108 Å². The van der Waals surface area contributed by atoms with Crippen molar-refractivity contribution in [1.82, 2.24) is 5.32 Å². The molecule has 0 aromatic carbocycles. The minimum absolute atomic E-state index is 0.356. The van der Waals surface area contributed by atoms with Gasteiger partial charge >= 0.3 is 0 Å². The zero-order valence-electron chi connectivity index (χ0n) is 22.6. The molecule has 0 radical (unpaired) electrons. The Bertz CT molecular complexity index is 506. The van der Waals surface area contributed by atoms with Crippen LogP contribution in [0.3, 0.4) is 0 Å². The van der Waals surface area contributed by atoms with Gasteiger partial charge in [0.15, 0.2) is 12.4 Å². The van der Waals surface area contributed by atoms with Crippen LogP contribution in [0.25, 0.3) is 0 Å². The van der Waals surface area contributed by atoms with Crippen molar-refractivity contribution in [3.8, 4) is 0 Å². The van der Waals surface area contributed by atoms with E-state index in [2.05, 4.69) is 12.2 Å². The van der Waals surface area contributed by atoms with Gasteiger partial charge in [0.1, 0.15) is 18.3 Å². The Morgan fingerprint density at radius 1 is 0.657 bits per heavy atom. The number of aliphatic hydroxyl groups is 3. The summed E-state index contributed by atoms with van der Waals surface area (Å²) in [4.78, 5) is 12.5. The van der Waals surface area contributed by atoms with E-state index in [0.29, 0.717) is 13.2 Å². The predicted octanol–water partition coefficient (Wildman–Crippen LogP) is 4.99. The Hall–Kier alpha value is -0.730. The quantitative estimate of drug-likeness (QED) is 0.156. The molecule has 0 spiro atoms. The van der Waals surface area contributed by atoms with Crippen molar-refractivity contribution >= 4 is 5.91 Å². The molecule has 1 aliphatic heterocycles. The molecular formula is C28H55NO6. The van der Waals surface area contributed by atoms with Crippen LogP contribution in [-0.4, -0.2) is 65.1 Å². The fraction of sp³-hybridized carbons (Fsp3) is 0.964. The van der Waals surface area contributed by atoms with Crippen LogP contribution in [0.2, 0.25) is 0 Å². The van der Waals surface area contributed by atoms with Gasteiger partial charge in [-0.15, -0.1) is 0 Å². The van der Waals surface area contributed by atoms with E-state index >= 15 is 0 Å². The molecule has 0 aliphatic carbocycles. The van der Waals surface area contributed by atoms with Crippen molar-refractivity contribution in [3.05, 3.63) is 0 Å². The van der Waals surface area contributed by atoms with Gasteiger partial charge in [0.05, 0.1) is 0 Å². The molecule has 1 heterocycles. The number of unbranched alkanes of at least 4 members (excludes halogenated alkanes) is 16. The standard InChI is InChI=1S/C28H55NO6/c1-3-5-7-8-9-10-11-12-13-14-15-16-17-18-19-20-21-29-27(33)26-24(31)23(30)25(32)28(35-26)34-22-6-4-2/h23-26,28,30-32H,3-22H2,1-2H3,(H,29,33)/t23-,24+,25?,26?,28+/m1/s1. The summed E-state index contributed by atoms with van der Waals surface area (Å²) >= 11 is 0. The Labute approximate surface area is 214 Å². The van der Waals surface area contributed by atoms with Gasteiger partial charge in [0.2, 0.25) is 0 Å². The van der Waals surface area contributed by atoms with E-state index in [0.717, 1.165) is 32.1 Å². The lowest BCUT2D eigenvalue weighted by atomic mass is 9.98. The fourth-order valence-electron chi connectivity index (χ4n) is 4.53. The van der Waals surface area contributed by atoms with Gasteiger partial charge in [-0.25, -0.2) is 0 Å². The van der Waals surface area contributed by atoms with Crippen LogP contribution in [0.5, 0.6) is 0 Å². The molecule has 1 fully saturated rings. The molecule has 0 saturated carbocycles. The van der Waals surface area contributed by atoms with E-state index in [-0.39, 0.29) is 0 Å².